The average Bonchev–Trinajstić information content (AvgIpc) is 3.32. The van der Waals surface area contributed by atoms with Crippen molar-refractivity contribution < 1.29 is 13.9 Å². The van der Waals surface area contributed by atoms with Crippen LogP contribution in [0.15, 0.2) is 35.7 Å². The Bertz CT molecular complexity index is 950. The first-order valence-corrected chi connectivity index (χ1v) is 10.3. The highest BCUT2D eigenvalue weighted by molar-refractivity contribution is 7.22. The molecule has 1 N–H and O–H groups in total. The van der Waals surface area contributed by atoms with Gasteiger partial charge in [-0.05, 0) is 36.6 Å². The van der Waals surface area contributed by atoms with Gasteiger partial charge >= 0.3 is 0 Å². The lowest BCUT2D eigenvalue weighted by Gasteiger charge is -2.29. The number of thiazole rings is 1. The number of benzene rings is 1. The smallest absolute Gasteiger partial charge is 0.267 e. The van der Waals surface area contributed by atoms with Crippen molar-refractivity contribution in [2.75, 3.05) is 36.5 Å². The first kappa shape index (κ1) is 18.1. The van der Waals surface area contributed by atoms with Gasteiger partial charge in [0.15, 0.2) is 0 Å². The summed E-state index contributed by atoms with van der Waals surface area (Å²) < 4.78 is 19.8. The molecule has 3 heterocycles. The van der Waals surface area contributed by atoms with E-state index >= 15 is 0 Å². The summed E-state index contributed by atoms with van der Waals surface area (Å²) >= 11 is 2.93. The van der Waals surface area contributed by atoms with Crippen molar-refractivity contribution in [1.82, 2.24) is 4.98 Å². The summed E-state index contributed by atoms with van der Waals surface area (Å²) in [7, 11) is 0. The van der Waals surface area contributed by atoms with E-state index in [2.05, 4.69) is 10.3 Å². The molecule has 0 bridgehead atoms. The molecular weight excluding hydrogens is 385 g/mol. The molecule has 0 aliphatic carbocycles. The van der Waals surface area contributed by atoms with Gasteiger partial charge in [-0.1, -0.05) is 6.07 Å². The quantitative estimate of drug-likeness (QED) is 0.701. The molecule has 4 rings (SSSR count). The van der Waals surface area contributed by atoms with Crippen LogP contribution in [0.3, 0.4) is 0 Å². The summed E-state index contributed by atoms with van der Waals surface area (Å²) in [5.74, 6) is -0.624. The van der Waals surface area contributed by atoms with Crippen molar-refractivity contribution in [3.63, 3.8) is 0 Å². The summed E-state index contributed by atoms with van der Waals surface area (Å²) in [5, 5.41) is 5.58. The molecule has 1 saturated heterocycles. The summed E-state index contributed by atoms with van der Waals surface area (Å²) in [6.45, 7) is 4.32. The monoisotopic (exact) mass is 403 g/mol. The second-order valence-electron chi connectivity index (χ2n) is 6.13. The number of thiophene rings is 1. The lowest BCUT2D eigenvalue weighted by Crippen LogP contribution is -2.36. The van der Waals surface area contributed by atoms with Gasteiger partial charge in [0.05, 0.1) is 29.5 Å². The summed E-state index contributed by atoms with van der Waals surface area (Å²) in [5.41, 5.74) is 1.64. The normalized spacial score (nSPS) is 14.4. The molecule has 0 spiro atoms. The molecule has 1 aromatic carbocycles. The van der Waals surface area contributed by atoms with Gasteiger partial charge in [0.1, 0.15) is 15.7 Å². The summed E-state index contributed by atoms with van der Waals surface area (Å²) in [6, 6.07) is 8.72. The van der Waals surface area contributed by atoms with Crippen LogP contribution in [0.2, 0.25) is 0 Å². The third-order valence-electron chi connectivity index (χ3n) is 4.29. The molecule has 3 aromatic rings. The lowest BCUT2D eigenvalue weighted by atomic mass is 10.2. The molecule has 8 heteroatoms. The molecule has 1 fully saturated rings. The largest absolute Gasteiger partial charge is 0.378 e. The Morgan fingerprint density at radius 2 is 2.11 bits per heavy atom. The maximum absolute atomic E-state index is 14.5. The van der Waals surface area contributed by atoms with E-state index in [0.29, 0.717) is 48.2 Å². The van der Waals surface area contributed by atoms with Gasteiger partial charge in [0.2, 0.25) is 0 Å². The molecule has 0 radical (unpaired) electrons. The number of rotatable bonds is 4. The van der Waals surface area contributed by atoms with E-state index in [4.69, 9.17) is 4.74 Å². The second kappa shape index (κ2) is 7.75. The van der Waals surface area contributed by atoms with E-state index < -0.39 is 0 Å². The number of halogens is 1. The van der Waals surface area contributed by atoms with Gasteiger partial charge in [0, 0.05) is 18.8 Å². The highest BCUT2D eigenvalue weighted by Gasteiger charge is 2.19. The molecule has 1 aliphatic rings. The van der Waals surface area contributed by atoms with Crippen LogP contribution >= 0.6 is 22.7 Å². The molecule has 1 aliphatic heterocycles. The zero-order valence-corrected chi connectivity index (χ0v) is 16.3. The van der Waals surface area contributed by atoms with Crippen molar-refractivity contribution in [3.05, 3.63) is 52.1 Å². The summed E-state index contributed by atoms with van der Waals surface area (Å²) in [6.07, 6.45) is 0. The van der Waals surface area contributed by atoms with E-state index in [-0.39, 0.29) is 11.7 Å². The minimum absolute atomic E-state index is 0.272. The molecule has 27 heavy (non-hydrogen) atoms. The van der Waals surface area contributed by atoms with E-state index in [1.54, 1.807) is 23.5 Å². The van der Waals surface area contributed by atoms with Gasteiger partial charge in [0.25, 0.3) is 5.91 Å². The lowest BCUT2D eigenvalue weighted by molar-refractivity contribution is 0.103. The van der Waals surface area contributed by atoms with Gasteiger partial charge < -0.3 is 15.0 Å². The molecule has 1 amide bonds. The Hall–Kier alpha value is -2.29. The number of hydrogen-bond donors (Lipinski definition) is 1. The van der Waals surface area contributed by atoms with Crippen LogP contribution in [0.4, 0.5) is 15.8 Å². The van der Waals surface area contributed by atoms with Crippen molar-refractivity contribution in [2.24, 2.45) is 0 Å². The van der Waals surface area contributed by atoms with E-state index in [1.165, 1.54) is 17.4 Å². The van der Waals surface area contributed by atoms with Gasteiger partial charge in [-0.3, -0.25) is 4.79 Å². The number of hydrogen-bond acceptors (Lipinski definition) is 6. The van der Waals surface area contributed by atoms with Crippen LogP contribution in [0.5, 0.6) is 0 Å². The van der Waals surface area contributed by atoms with Crippen molar-refractivity contribution in [1.29, 1.82) is 0 Å². The Morgan fingerprint density at radius 3 is 2.81 bits per heavy atom. The standard InChI is InChI=1S/C19H18FN3O2S2/c1-12-17(27-19(21-12)16-3-2-10-26-16)18(24)22-13-4-5-15(14(20)11-13)23-6-8-25-9-7-23/h2-5,10-11H,6-9H2,1H3,(H,22,24). The molecule has 2 aromatic heterocycles. The Labute approximate surface area is 164 Å². The number of aryl methyl sites for hydroxylation is 1. The molecule has 140 valence electrons. The highest BCUT2D eigenvalue weighted by atomic mass is 32.1. The van der Waals surface area contributed by atoms with Crippen LogP contribution < -0.4 is 10.2 Å². The van der Waals surface area contributed by atoms with Crippen molar-refractivity contribution in [3.8, 4) is 9.88 Å². The van der Waals surface area contributed by atoms with E-state index in [1.807, 2.05) is 29.3 Å². The number of nitrogens with zero attached hydrogens (tertiary/aromatic N) is 2. The third kappa shape index (κ3) is 3.87. The topological polar surface area (TPSA) is 54.5 Å². The number of morpholine rings is 1. The molecular formula is C19H18FN3O2S2. The fourth-order valence-corrected chi connectivity index (χ4v) is 4.70. The highest BCUT2D eigenvalue weighted by Crippen LogP contribution is 2.32. The van der Waals surface area contributed by atoms with E-state index in [0.717, 1.165) is 9.88 Å². The van der Waals surface area contributed by atoms with Crippen molar-refractivity contribution >= 4 is 40.0 Å². The van der Waals surface area contributed by atoms with Crippen LogP contribution in [-0.2, 0) is 4.74 Å². The fraction of sp³-hybridized carbons (Fsp3) is 0.263. The van der Waals surface area contributed by atoms with Crippen molar-refractivity contribution in [2.45, 2.75) is 6.92 Å². The minimum atomic E-state index is -0.352. The zero-order valence-electron chi connectivity index (χ0n) is 14.7. The van der Waals surface area contributed by atoms with Gasteiger partial charge in [-0.2, -0.15) is 0 Å². The molecule has 5 nitrogen and oxygen atoms in total. The number of aromatic nitrogens is 1. The predicted octanol–water partition coefficient (Wildman–Crippen LogP) is 4.41. The Balaban J connectivity index is 1.50. The minimum Gasteiger partial charge on any atom is -0.378 e. The maximum atomic E-state index is 14.5. The number of carbonyl (C=O) groups excluding carboxylic acids is 1. The first-order valence-electron chi connectivity index (χ1n) is 8.57. The van der Waals surface area contributed by atoms with E-state index in [9.17, 15) is 9.18 Å². The average molecular weight is 404 g/mol. The second-order valence-corrected chi connectivity index (χ2v) is 8.08. The van der Waals surface area contributed by atoms with Gasteiger partial charge in [-0.25, -0.2) is 9.37 Å². The fourth-order valence-electron chi connectivity index (χ4n) is 2.95. The predicted molar refractivity (Wildman–Crippen MR) is 108 cm³/mol. The Morgan fingerprint density at radius 1 is 1.30 bits per heavy atom. The number of nitrogens with one attached hydrogen (secondary N) is 1. The third-order valence-corrected chi connectivity index (χ3v) is 6.49. The Kier molecular flexibility index (Phi) is 5.20. The summed E-state index contributed by atoms with van der Waals surface area (Å²) in [4.78, 5) is 20.6. The number of amides is 1. The van der Waals surface area contributed by atoms with Gasteiger partial charge in [-0.15, -0.1) is 22.7 Å². The number of ether oxygens (including phenoxy) is 1. The number of carbonyl (C=O) groups is 1. The molecule has 0 atom stereocenters. The van der Waals surface area contributed by atoms with Crippen LogP contribution in [-0.4, -0.2) is 37.2 Å². The zero-order chi connectivity index (χ0) is 18.8. The maximum Gasteiger partial charge on any atom is 0.267 e. The SMILES string of the molecule is Cc1nc(-c2cccs2)sc1C(=O)Nc1ccc(N2CCOCC2)c(F)c1. The molecule has 0 unspecified atom stereocenters. The van der Waals surface area contributed by atoms with Crippen LogP contribution in [0, 0.1) is 12.7 Å². The first-order chi connectivity index (χ1) is 13.1. The van der Waals surface area contributed by atoms with Crippen LogP contribution in [0.25, 0.3) is 9.88 Å². The molecule has 0 saturated carbocycles. The van der Waals surface area contributed by atoms with Crippen LogP contribution in [0.1, 0.15) is 15.4 Å². The number of anilines is 2.